The van der Waals surface area contributed by atoms with Gasteiger partial charge >= 0.3 is 0 Å². The maximum Gasteiger partial charge on any atom is 0.254 e. The summed E-state index contributed by atoms with van der Waals surface area (Å²) >= 11 is 7.08. The number of carbonyl (C=O) groups is 2. The summed E-state index contributed by atoms with van der Waals surface area (Å²) in [5.74, 6) is -0.792. The van der Waals surface area contributed by atoms with Crippen LogP contribution in [-0.2, 0) is 9.59 Å². The zero-order valence-electron chi connectivity index (χ0n) is 19.6. The summed E-state index contributed by atoms with van der Waals surface area (Å²) in [7, 11) is 0. The van der Waals surface area contributed by atoms with E-state index in [-0.39, 0.29) is 17.6 Å². The molecule has 2 aromatic carbocycles. The van der Waals surface area contributed by atoms with E-state index in [1.54, 1.807) is 49.4 Å². The molecule has 2 heterocycles. The Balaban J connectivity index is 1.57. The molecule has 7 nitrogen and oxygen atoms in total. The second-order valence-electron chi connectivity index (χ2n) is 8.13. The lowest BCUT2D eigenvalue weighted by Gasteiger charge is -2.28. The molecule has 36 heavy (non-hydrogen) atoms. The van der Waals surface area contributed by atoms with Gasteiger partial charge in [-0.15, -0.1) is 0 Å². The lowest BCUT2D eigenvalue weighted by Crippen LogP contribution is -2.31. The number of nitriles is 1. The van der Waals surface area contributed by atoms with Crippen LogP contribution < -0.4 is 16.0 Å². The third-order valence-electron chi connectivity index (χ3n) is 5.47. The van der Waals surface area contributed by atoms with Gasteiger partial charge in [0.15, 0.2) is 0 Å². The summed E-state index contributed by atoms with van der Waals surface area (Å²) in [4.78, 5) is 25.9. The average molecular weight is 519 g/mol. The molecule has 0 bridgehead atoms. The third kappa shape index (κ3) is 5.82. The van der Waals surface area contributed by atoms with Crippen LogP contribution in [0.15, 0.2) is 93.2 Å². The molecule has 3 N–H and O–H groups in total. The third-order valence-corrected chi connectivity index (χ3v) is 6.74. The first-order valence-electron chi connectivity index (χ1n) is 11.1. The Bertz CT molecular complexity index is 1390. The molecule has 1 aromatic heterocycles. The molecular formula is C27H23ClN4O3S. The Morgan fingerprint density at radius 1 is 1.08 bits per heavy atom. The Hall–Kier alpha value is -3.93. The van der Waals surface area contributed by atoms with E-state index in [4.69, 9.17) is 16.0 Å². The molecule has 0 saturated carbocycles. The number of hydrogen-bond acceptors (Lipinski definition) is 6. The summed E-state index contributed by atoms with van der Waals surface area (Å²) in [5, 5.41) is 20.1. The smallest absolute Gasteiger partial charge is 0.254 e. The number of aryl methyl sites for hydroxylation is 1. The van der Waals surface area contributed by atoms with Gasteiger partial charge in [0, 0.05) is 22.1 Å². The molecule has 1 aliphatic heterocycles. The highest BCUT2D eigenvalue weighted by Gasteiger charge is 2.36. The van der Waals surface area contributed by atoms with Crippen LogP contribution in [-0.4, -0.2) is 17.6 Å². The number of anilines is 2. The molecule has 0 radical (unpaired) electrons. The second kappa shape index (κ2) is 11.2. The van der Waals surface area contributed by atoms with Crippen molar-refractivity contribution in [1.82, 2.24) is 5.32 Å². The minimum atomic E-state index is -0.724. The number of benzene rings is 2. The molecule has 1 aliphatic rings. The van der Waals surface area contributed by atoms with Crippen molar-refractivity contribution in [2.24, 2.45) is 0 Å². The predicted octanol–water partition coefficient (Wildman–Crippen LogP) is 5.95. The second-order valence-corrected chi connectivity index (χ2v) is 9.56. The number of allylic oxidation sites excluding steroid dienone is 2. The number of thioether (sulfide) groups is 1. The minimum Gasteiger partial charge on any atom is -0.468 e. The first kappa shape index (κ1) is 25.2. The number of nitrogens with one attached hydrogen (secondary N) is 3. The number of rotatable bonds is 7. The van der Waals surface area contributed by atoms with Gasteiger partial charge in [-0.05, 0) is 67.9 Å². The van der Waals surface area contributed by atoms with Gasteiger partial charge in [-0.25, -0.2) is 0 Å². The van der Waals surface area contributed by atoms with Gasteiger partial charge in [0.2, 0.25) is 5.91 Å². The van der Waals surface area contributed by atoms with E-state index in [0.29, 0.717) is 44.0 Å². The van der Waals surface area contributed by atoms with Crippen LogP contribution in [0.4, 0.5) is 11.4 Å². The molecule has 1 atom stereocenters. The number of dihydropyridines is 1. The highest BCUT2D eigenvalue weighted by Crippen LogP contribution is 2.41. The highest BCUT2D eigenvalue weighted by atomic mass is 35.5. The minimum absolute atomic E-state index is 0.0547. The summed E-state index contributed by atoms with van der Waals surface area (Å²) < 4.78 is 5.64. The lowest BCUT2D eigenvalue weighted by molar-refractivity contribution is -0.114. The van der Waals surface area contributed by atoms with Gasteiger partial charge in [0.25, 0.3) is 5.91 Å². The first-order chi connectivity index (χ1) is 17.4. The summed E-state index contributed by atoms with van der Waals surface area (Å²) in [6.07, 6.45) is 1.50. The van der Waals surface area contributed by atoms with Crippen LogP contribution in [0.25, 0.3) is 0 Å². The summed E-state index contributed by atoms with van der Waals surface area (Å²) in [6.45, 7) is 3.71. The number of halogens is 1. The number of nitrogens with zero attached hydrogens (tertiary/aromatic N) is 1. The van der Waals surface area contributed by atoms with Gasteiger partial charge in [0.05, 0.1) is 40.2 Å². The lowest BCUT2D eigenvalue weighted by atomic mass is 9.85. The van der Waals surface area contributed by atoms with Crippen molar-refractivity contribution in [3.8, 4) is 6.07 Å². The number of hydrogen-bond donors (Lipinski definition) is 3. The van der Waals surface area contributed by atoms with Crippen molar-refractivity contribution in [3.63, 3.8) is 0 Å². The van der Waals surface area contributed by atoms with E-state index in [2.05, 4.69) is 22.0 Å². The molecule has 9 heteroatoms. The summed E-state index contributed by atoms with van der Waals surface area (Å²) in [5.41, 5.74) is 3.53. The topological polar surface area (TPSA) is 107 Å². The molecular weight excluding hydrogens is 496 g/mol. The number of carbonyl (C=O) groups excluding carboxylic acids is 2. The molecule has 2 amide bonds. The maximum absolute atomic E-state index is 13.4. The molecule has 4 rings (SSSR count). The average Bonchev–Trinajstić information content (AvgIpc) is 3.38. The van der Waals surface area contributed by atoms with Crippen LogP contribution in [0.1, 0.15) is 24.2 Å². The predicted molar refractivity (Wildman–Crippen MR) is 142 cm³/mol. The van der Waals surface area contributed by atoms with Crippen LogP contribution in [0.2, 0.25) is 5.02 Å². The quantitative estimate of drug-likeness (QED) is 0.357. The standard InChI is InChI=1S/C27H23ClN4O3S/c1-16-5-3-6-20(13-16)32-26(34)24-17(2)30-27(21(14-29)25(24)22-7-4-12-35-22)36-15-23(33)31-19-10-8-18(28)9-11-19/h3-13,25,30H,15H2,1-2H3,(H,31,33)(H,32,34)/t25-/m0/s1. The van der Waals surface area contributed by atoms with Gasteiger partial charge in [-0.1, -0.05) is 35.5 Å². The van der Waals surface area contributed by atoms with E-state index in [0.717, 1.165) is 5.56 Å². The zero-order valence-corrected chi connectivity index (χ0v) is 21.2. The van der Waals surface area contributed by atoms with Crippen molar-refractivity contribution in [2.45, 2.75) is 19.8 Å². The number of amides is 2. The Kier molecular flexibility index (Phi) is 7.84. The Labute approximate surface area is 218 Å². The normalized spacial score (nSPS) is 15.2. The largest absolute Gasteiger partial charge is 0.468 e. The van der Waals surface area contributed by atoms with Crippen LogP contribution in [0.3, 0.4) is 0 Å². The van der Waals surface area contributed by atoms with E-state index in [1.807, 2.05) is 25.1 Å². The molecule has 0 unspecified atom stereocenters. The fourth-order valence-corrected chi connectivity index (χ4v) is 4.87. The van der Waals surface area contributed by atoms with E-state index in [1.165, 1.54) is 18.0 Å². The highest BCUT2D eigenvalue weighted by molar-refractivity contribution is 8.03. The molecule has 0 aliphatic carbocycles. The van der Waals surface area contributed by atoms with Crippen LogP contribution >= 0.6 is 23.4 Å². The Morgan fingerprint density at radius 2 is 1.86 bits per heavy atom. The molecule has 0 fully saturated rings. The van der Waals surface area contributed by atoms with Crippen molar-refractivity contribution >= 4 is 46.6 Å². The van der Waals surface area contributed by atoms with Crippen LogP contribution in [0.5, 0.6) is 0 Å². The fourth-order valence-electron chi connectivity index (χ4n) is 3.86. The van der Waals surface area contributed by atoms with Gasteiger partial charge in [0.1, 0.15) is 5.76 Å². The van der Waals surface area contributed by atoms with E-state index in [9.17, 15) is 14.9 Å². The monoisotopic (exact) mass is 518 g/mol. The van der Waals surface area contributed by atoms with E-state index >= 15 is 0 Å². The van der Waals surface area contributed by atoms with Crippen molar-refractivity contribution in [3.05, 3.63) is 105 Å². The SMILES string of the molecule is CC1=C(C(=O)Nc2cccc(C)c2)[C@H](c2ccco2)C(C#N)=C(SCC(=O)Nc2ccc(Cl)cc2)N1. The van der Waals surface area contributed by atoms with E-state index < -0.39 is 5.92 Å². The molecule has 0 spiro atoms. The summed E-state index contributed by atoms with van der Waals surface area (Å²) in [6, 6.07) is 19.9. The zero-order chi connectivity index (χ0) is 25.7. The van der Waals surface area contributed by atoms with Crippen molar-refractivity contribution in [2.75, 3.05) is 16.4 Å². The Morgan fingerprint density at radius 3 is 2.53 bits per heavy atom. The van der Waals surface area contributed by atoms with Gasteiger partial charge < -0.3 is 20.4 Å². The molecule has 182 valence electrons. The number of furan rings is 1. The fraction of sp³-hybridized carbons (Fsp3) is 0.148. The van der Waals surface area contributed by atoms with Gasteiger partial charge in [-0.3, -0.25) is 9.59 Å². The van der Waals surface area contributed by atoms with Crippen molar-refractivity contribution in [1.29, 1.82) is 5.26 Å². The molecule has 0 saturated heterocycles. The van der Waals surface area contributed by atoms with Crippen LogP contribution in [0, 0.1) is 18.3 Å². The maximum atomic E-state index is 13.4. The molecule has 3 aromatic rings. The first-order valence-corrected chi connectivity index (χ1v) is 12.4. The van der Waals surface area contributed by atoms with Crippen molar-refractivity contribution < 1.29 is 14.0 Å². The van der Waals surface area contributed by atoms with Gasteiger partial charge in [-0.2, -0.15) is 5.26 Å².